The van der Waals surface area contributed by atoms with E-state index in [0.717, 1.165) is 34.4 Å². The second-order valence-electron chi connectivity index (χ2n) is 9.11. The van der Waals surface area contributed by atoms with E-state index in [1.54, 1.807) is 11.9 Å². The predicted octanol–water partition coefficient (Wildman–Crippen LogP) is 4.08. The Morgan fingerprint density at radius 1 is 1.12 bits per heavy atom. The Hall–Kier alpha value is -3.41. The summed E-state index contributed by atoms with van der Waals surface area (Å²) in [5.74, 6) is -0.130. The molecular weight excluding hydrogens is 412 g/mol. The molecule has 6 heteroatoms. The van der Waals surface area contributed by atoms with Crippen LogP contribution in [0.4, 0.5) is 0 Å². The van der Waals surface area contributed by atoms with Gasteiger partial charge < -0.3 is 10.2 Å². The van der Waals surface area contributed by atoms with E-state index in [-0.39, 0.29) is 11.8 Å². The zero-order valence-corrected chi connectivity index (χ0v) is 19.9. The molecule has 0 unspecified atom stereocenters. The summed E-state index contributed by atoms with van der Waals surface area (Å²) in [6.07, 6.45) is 2.00. The average molecular weight is 445 g/mol. The van der Waals surface area contributed by atoms with Gasteiger partial charge in [0.05, 0.1) is 5.41 Å². The van der Waals surface area contributed by atoms with Gasteiger partial charge in [-0.15, -0.1) is 0 Å². The van der Waals surface area contributed by atoms with Gasteiger partial charge in [-0.05, 0) is 49.8 Å². The molecule has 0 spiro atoms. The average Bonchev–Trinajstić information content (AvgIpc) is 3.43. The van der Waals surface area contributed by atoms with Gasteiger partial charge in [-0.25, -0.2) is 0 Å². The third-order valence-corrected chi connectivity index (χ3v) is 6.87. The standard InChI is InChI=1S/C27H32N4O2/c1-5-23-19(3)24(30-29-23)25(32)31-14-13-27(17-31,26(33)28-4)16-20-7-6-8-22(15-20)21-11-9-18(2)10-12-21/h6-12,15H,5,13-14,16-17H2,1-4H3,(H,28,33)(H,29,30)/t27-/m0/s1. The number of aromatic amines is 1. The number of nitrogens with one attached hydrogen (secondary N) is 2. The lowest BCUT2D eigenvalue weighted by atomic mass is 9.79. The maximum atomic E-state index is 13.2. The first kappa shape index (κ1) is 22.8. The number of hydrogen-bond donors (Lipinski definition) is 2. The number of carbonyl (C=O) groups excluding carboxylic acids is 2. The fraction of sp³-hybridized carbons (Fsp3) is 0.370. The van der Waals surface area contributed by atoms with Gasteiger partial charge >= 0.3 is 0 Å². The molecule has 1 fully saturated rings. The van der Waals surface area contributed by atoms with Gasteiger partial charge in [0.2, 0.25) is 5.91 Å². The zero-order chi connectivity index (χ0) is 23.6. The van der Waals surface area contributed by atoms with Crippen LogP contribution < -0.4 is 5.32 Å². The Labute approximate surface area is 195 Å². The van der Waals surface area contributed by atoms with Crippen molar-refractivity contribution in [2.24, 2.45) is 5.41 Å². The molecule has 2 aromatic carbocycles. The Bertz CT molecular complexity index is 1170. The number of aromatic nitrogens is 2. The quantitative estimate of drug-likeness (QED) is 0.601. The predicted molar refractivity (Wildman–Crippen MR) is 130 cm³/mol. The van der Waals surface area contributed by atoms with Crippen molar-refractivity contribution in [3.8, 4) is 11.1 Å². The molecule has 172 valence electrons. The molecular formula is C27H32N4O2. The molecule has 0 bridgehead atoms. The lowest BCUT2D eigenvalue weighted by molar-refractivity contribution is -0.129. The summed E-state index contributed by atoms with van der Waals surface area (Å²) in [7, 11) is 1.67. The molecule has 1 saturated heterocycles. The van der Waals surface area contributed by atoms with Crippen LogP contribution in [0.5, 0.6) is 0 Å². The maximum absolute atomic E-state index is 13.2. The van der Waals surface area contributed by atoms with Crippen molar-refractivity contribution in [1.29, 1.82) is 0 Å². The van der Waals surface area contributed by atoms with Crippen molar-refractivity contribution in [2.45, 2.75) is 40.0 Å². The summed E-state index contributed by atoms with van der Waals surface area (Å²) in [6, 6.07) is 16.8. The molecule has 1 aliphatic rings. The third kappa shape index (κ3) is 4.42. The molecule has 0 saturated carbocycles. The second-order valence-corrected chi connectivity index (χ2v) is 9.11. The molecule has 1 aromatic heterocycles. The van der Waals surface area contributed by atoms with Gasteiger partial charge in [-0.3, -0.25) is 14.7 Å². The van der Waals surface area contributed by atoms with E-state index in [2.05, 4.69) is 64.9 Å². The summed E-state index contributed by atoms with van der Waals surface area (Å²) in [4.78, 5) is 28.1. The monoisotopic (exact) mass is 444 g/mol. The normalized spacial score (nSPS) is 17.9. The van der Waals surface area contributed by atoms with Crippen LogP contribution in [-0.2, 0) is 17.6 Å². The highest BCUT2D eigenvalue weighted by Crippen LogP contribution is 2.36. The highest BCUT2D eigenvalue weighted by molar-refractivity contribution is 5.95. The second kappa shape index (κ2) is 9.22. The molecule has 2 heterocycles. The van der Waals surface area contributed by atoms with E-state index in [9.17, 15) is 9.59 Å². The number of aryl methyl sites for hydroxylation is 2. The van der Waals surface area contributed by atoms with Crippen LogP contribution in [0.25, 0.3) is 11.1 Å². The summed E-state index contributed by atoms with van der Waals surface area (Å²) in [6.45, 7) is 6.96. The van der Waals surface area contributed by atoms with Crippen molar-refractivity contribution in [3.63, 3.8) is 0 Å². The highest BCUT2D eigenvalue weighted by Gasteiger charge is 2.46. The fourth-order valence-electron chi connectivity index (χ4n) is 4.85. The van der Waals surface area contributed by atoms with Crippen LogP contribution in [0.1, 0.15) is 46.2 Å². The van der Waals surface area contributed by atoms with E-state index in [1.165, 1.54) is 5.56 Å². The minimum absolute atomic E-state index is 0.0217. The van der Waals surface area contributed by atoms with Crippen LogP contribution in [-0.4, -0.2) is 47.0 Å². The number of likely N-dealkylation sites (tertiary alicyclic amines) is 1. The van der Waals surface area contributed by atoms with Crippen molar-refractivity contribution in [1.82, 2.24) is 20.4 Å². The zero-order valence-electron chi connectivity index (χ0n) is 19.9. The number of nitrogens with zero attached hydrogens (tertiary/aromatic N) is 2. The largest absolute Gasteiger partial charge is 0.359 e. The van der Waals surface area contributed by atoms with Crippen LogP contribution in [0.3, 0.4) is 0 Å². The maximum Gasteiger partial charge on any atom is 0.274 e. The number of amides is 2. The first-order valence-corrected chi connectivity index (χ1v) is 11.6. The van der Waals surface area contributed by atoms with Crippen molar-refractivity contribution < 1.29 is 9.59 Å². The molecule has 2 N–H and O–H groups in total. The van der Waals surface area contributed by atoms with E-state index in [1.807, 2.05) is 19.9 Å². The molecule has 0 radical (unpaired) electrons. The van der Waals surface area contributed by atoms with Gasteiger partial charge in [0.25, 0.3) is 5.91 Å². The molecule has 6 nitrogen and oxygen atoms in total. The summed E-state index contributed by atoms with van der Waals surface area (Å²) in [5.41, 5.74) is 6.27. The highest BCUT2D eigenvalue weighted by atomic mass is 16.2. The molecule has 1 aliphatic heterocycles. The minimum Gasteiger partial charge on any atom is -0.359 e. The van der Waals surface area contributed by atoms with Gasteiger partial charge in [-0.2, -0.15) is 5.10 Å². The summed E-state index contributed by atoms with van der Waals surface area (Å²) in [5, 5.41) is 10.1. The van der Waals surface area contributed by atoms with Crippen LogP contribution >= 0.6 is 0 Å². The van der Waals surface area contributed by atoms with Gasteiger partial charge in [0, 0.05) is 31.4 Å². The van der Waals surface area contributed by atoms with Gasteiger partial charge in [-0.1, -0.05) is 61.0 Å². The number of carbonyl (C=O) groups is 2. The van der Waals surface area contributed by atoms with E-state index in [4.69, 9.17) is 0 Å². The third-order valence-electron chi connectivity index (χ3n) is 6.87. The lowest BCUT2D eigenvalue weighted by Gasteiger charge is -2.28. The molecule has 33 heavy (non-hydrogen) atoms. The van der Waals surface area contributed by atoms with Crippen molar-refractivity contribution in [3.05, 3.63) is 76.6 Å². The van der Waals surface area contributed by atoms with Gasteiger partial charge in [0.15, 0.2) is 5.69 Å². The van der Waals surface area contributed by atoms with E-state index < -0.39 is 5.41 Å². The Kier molecular flexibility index (Phi) is 6.36. The van der Waals surface area contributed by atoms with E-state index in [0.29, 0.717) is 31.6 Å². The topological polar surface area (TPSA) is 78.1 Å². The molecule has 1 atom stereocenters. The first-order valence-electron chi connectivity index (χ1n) is 11.6. The van der Waals surface area contributed by atoms with Crippen molar-refractivity contribution in [2.75, 3.05) is 20.1 Å². The fourth-order valence-corrected chi connectivity index (χ4v) is 4.85. The Morgan fingerprint density at radius 3 is 2.55 bits per heavy atom. The number of hydrogen-bond acceptors (Lipinski definition) is 3. The number of rotatable bonds is 6. The minimum atomic E-state index is -0.659. The smallest absolute Gasteiger partial charge is 0.274 e. The summed E-state index contributed by atoms with van der Waals surface area (Å²) < 4.78 is 0. The Balaban J connectivity index is 1.58. The molecule has 4 rings (SSSR count). The number of H-pyrrole nitrogens is 1. The lowest BCUT2D eigenvalue weighted by Crippen LogP contribution is -2.44. The van der Waals surface area contributed by atoms with Gasteiger partial charge in [0.1, 0.15) is 0 Å². The number of benzene rings is 2. The molecule has 3 aromatic rings. The Morgan fingerprint density at radius 2 is 1.88 bits per heavy atom. The van der Waals surface area contributed by atoms with Crippen LogP contribution in [0.15, 0.2) is 48.5 Å². The van der Waals surface area contributed by atoms with Crippen molar-refractivity contribution >= 4 is 11.8 Å². The van der Waals surface area contributed by atoms with Crippen LogP contribution in [0, 0.1) is 19.3 Å². The summed E-state index contributed by atoms with van der Waals surface area (Å²) >= 11 is 0. The molecule has 2 amide bonds. The first-order chi connectivity index (χ1) is 15.9. The van der Waals surface area contributed by atoms with E-state index >= 15 is 0 Å². The SMILES string of the molecule is CCc1[nH]nc(C(=O)N2CC[C@@](Cc3cccc(-c4ccc(C)cc4)c3)(C(=O)NC)C2)c1C. The van der Waals surface area contributed by atoms with Crippen LogP contribution in [0.2, 0.25) is 0 Å². The molecule has 0 aliphatic carbocycles.